The van der Waals surface area contributed by atoms with Crippen molar-refractivity contribution in [2.75, 3.05) is 36.0 Å². The van der Waals surface area contributed by atoms with E-state index in [-0.39, 0.29) is 5.69 Å². The highest BCUT2D eigenvalue weighted by molar-refractivity contribution is 5.60. The van der Waals surface area contributed by atoms with Gasteiger partial charge in [0.2, 0.25) is 0 Å². The number of nitrogens with zero attached hydrogens (tertiary/aromatic N) is 6. The topological polar surface area (TPSA) is 99.2 Å². The summed E-state index contributed by atoms with van der Waals surface area (Å²) in [6.45, 7) is 5.54. The molecule has 0 N–H and O–H groups in total. The van der Waals surface area contributed by atoms with Gasteiger partial charge in [-0.3, -0.25) is 10.1 Å². The van der Waals surface area contributed by atoms with Crippen molar-refractivity contribution in [2.24, 2.45) is 0 Å². The maximum absolute atomic E-state index is 11.0. The van der Waals surface area contributed by atoms with E-state index in [2.05, 4.69) is 27.8 Å². The Morgan fingerprint density at radius 1 is 1.00 bits per heavy atom. The van der Waals surface area contributed by atoms with E-state index in [9.17, 15) is 10.1 Å². The average molecular weight is 428 g/mol. The minimum absolute atomic E-state index is 0.0519. The summed E-state index contributed by atoms with van der Waals surface area (Å²) in [5.74, 6) is 1.47. The van der Waals surface area contributed by atoms with Crippen LogP contribution in [0.15, 0.2) is 54.6 Å². The summed E-state index contributed by atoms with van der Waals surface area (Å²) in [6, 6.07) is 18.3. The number of aromatic nitrogens is 2. The molecule has 1 aliphatic rings. The zero-order valence-electron chi connectivity index (χ0n) is 17.9. The largest absolute Gasteiger partial charge is 0.370 e. The molecule has 162 valence electrons. The normalized spacial score (nSPS) is 14.0. The summed E-state index contributed by atoms with van der Waals surface area (Å²) in [5.41, 5.74) is 3.54. The Kier molecular flexibility index (Phi) is 6.26. The van der Waals surface area contributed by atoms with Gasteiger partial charge < -0.3 is 9.80 Å². The molecule has 0 unspecified atom stereocenters. The van der Waals surface area contributed by atoms with Crippen LogP contribution < -0.4 is 9.80 Å². The van der Waals surface area contributed by atoms with Crippen molar-refractivity contribution in [2.45, 2.75) is 19.8 Å². The summed E-state index contributed by atoms with van der Waals surface area (Å²) < 4.78 is 0. The number of non-ortho nitro benzene ring substituents is 1. The quantitative estimate of drug-likeness (QED) is 0.443. The van der Waals surface area contributed by atoms with E-state index in [0.717, 1.165) is 61.8 Å². The second kappa shape index (κ2) is 9.43. The van der Waals surface area contributed by atoms with E-state index in [1.807, 2.05) is 30.3 Å². The number of aryl methyl sites for hydroxylation is 1. The SMILES string of the molecule is CCc1cc(N2CCCN(c3ccc(C#N)cc3)CC2)nc(-c2ccc([N+](=O)[O-])cc2)n1. The molecule has 0 aliphatic carbocycles. The van der Waals surface area contributed by atoms with Crippen molar-refractivity contribution in [3.05, 3.63) is 76.0 Å². The van der Waals surface area contributed by atoms with Crippen LogP contribution in [0.3, 0.4) is 0 Å². The van der Waals surface area contributed by atoms with E-state index in [4.69, 9.17) is 10.2 Å². The molecule has 1 saturated heterocycles. The van der Waals surface area contributed by atoms with Crippen LogP contribution in [0.5, 0.6) is 0 Å². The van der Waals surface area contributed by atoms with Crippen LogP contribution in [-0.4, -0.2) is 41.1 Å². The minimum Gasteiger partial charge on any atom is -0.370 e. The van der Waals surface area contributed by atoms with Crippen molar-refractivity contribution in [1.82, 2.24) is 9.97 Å². The number of nitro benzene ring substituents is 1. The Morgan fingerprint density at radius 2 is 1.69 bits per heavy atom. The molecule has 1 fully saturated rings. The van der Waals surface area contributed by atoms with E-state index in [1.165, 1.54) is 12.1 Å². The molecule has 0 saturated carbocycles. The molecule has 3 aromatic rings. The van der Waals surface area contributed by atoms with E-state index < -0.39 is 4.92 Å². The van der Waals surface area contributed by atoms with Gasteiger partial charge >= 0.3 is 0 Å². The molecular formula is C24H24N6O2. The number of rotatable bonds is 5. The Balaban J connectivity index is 1.55. The summed E-state index contributed by atoms with van der Waals surface area (Å²) in [6.07, 6.45) is 1.76. The Morgan fingerprint density at radius 3 is 2.34 bits per heavy atom. The highest BCUT2D eigenvalue weighted by atomic mass is 16.6. The molecule has 8 heteroatoms. The molecule has 1 aliphatic heterocycles. The first-order chi connectivity index (χ1) is 15.6. The third-order valence-electron chi connectivity index (χ3n) is 5.65. The number of benzene rings is 2. The molecular weight excluding hydrogens is 404 g/mol. The highest BCUT2D eigenvalue weighted by Gasteiger charge is 2.18. The van der Waals surface area contributed by atoms with Crippen molar-refractivity contribution >= 4 is 17.2 Å². The van der Waals surface area contributed by atoms with Gasteiger partial charge in [-0.2, -0.15) is 5.26 Å². The van der Waals surface area contributed by atoms with Crippen LogP contribution in [0, 0.1) is 21.4 Å². The Hall–Kier alpha value is -3.99. The second-order valence-electron chi connectivity index (χ2n) is 7.68. The van der Waals surface area contributed by atoms with Gasteiger partial charge in [-0.05, 0) is 49.2 Å². The molecule has 0 atom stereocenters. The number of hydrogen-bond donors (Lipinski definition) is 0. The first-order valence-electron chi connectivity index (χ1n) is 10.7. The fourth-order valence-electron chi connectivity index (χ4n) is 3.84. The van der Waals surface area contributed by atoms with Gasteiger partial charge in [0.1, 0.15) is 5.82 Å². The minimum atomic E-state index is -0.407. The zero-order chi connectivity index (χ0) is 22.5. The molecule has 0 amide bonds. The smallest absolute Gasteiger partial charge is 0.269 e. The fourth-order valence-corrected chi connectivity index (χ4v) is 3.84. The lowest BCUT2D eigenvalue weighted by Gasteiger charge is -2.24. The van der Waals surface area contributed by atoms with Gasteiger partial charge in [-0.1, -0.05) is 6.92 Å². The molecule has 2 heterocycles. The highest BCUT2D eigenvalue weighted by Crippen LogP contribution is 2.25. The lowest BCUT2D eigenvalue weighted by molar-refractivity contribution is -0.384. The molecule has 2 aromatic carbocycles. The number of hydrogen-bond acceptors (Lipinski definition) is 7. The molecule has 4 rings (SSSR count). The lowest BCUT2D eigenvalue weighted by Crippen LogP contribution is -2.31. The van der Waals surface area contributed by atoms with Crippen molar-refractivity contribution in [3.8, 4) is 17.5 Å². The first-order valence-corrected chi connectivity index (χ1v) is 10.7. The summed E-state index contributed by atoms with van der Waals surface area (Å²) >= 11 is 0. The molecule has 32 heavy (non-hydrogen) atoms. The predicted octanol–water partition coefficient (Wildman–Crippen LogP) is 4.20. The Bertz CT molecular complexity index is 1140. The van der Waals surface area contributed by atoms with Crippen LogP contribution >= 0.6 is 0 Å². The maximum atomic E-state index is 11.0. The summed E-state index contributed by atoms with van der Waals surface area (Å²) in [5, 5.41) is 20.0. The predicted molar refractivity (Wildman–Crippen MR) is 124 cm³/mol. The molecule has 8 nitrogen and oxygen atoms in total. The first kappa shape index (κ1) is 21.2. The van der Waals surface area contributed by atoms with Gasteiger partial charge in [-0.15, -0.1) is 0 Å². The number of anilines is 2. The monoisotopic (exact) mass is 428 g/mol. The fraction of sp³-hybridized carbons (Fsp3) is 0.292. The van der Waals surface area contributed by atoms with Gasteiger partial charge in [0, 0.05) is 61.3 Å². The van der Waals surface area contributed by atoms with E-state index in [1.54, 1.807) is 12.1 Å². The van der Waals surface area contributed by atoms with Crippen molar-refractivity contribution < 1.29 is 4.92 Å². The molecule has 0 bridgehead atoms. The number of nitro groups is 1. The van der Waals surface area contributed by atoms with E-state index in [0.29, 0.717) is 11.4 Å². The molecule has 1 aromatic heterocycles. The lowest BCUT2D eigenvalue weighted by atomic mass is 10.2. The molecule has 0 spiro atoms. The summed E-state index contributed by atoms with van der Waals surface area (Å²) in [4.78, 5) is 24.6. The van der Waals surface area contributed by atoms with Gasteiger partial charge in [-0.25, -0.2) is 9.97 Å². The number of nitriles is 1. The second-order valence-corrected chi connectivity index (χ2v) is 7.68. The third-order valence-corrected chi connectivity index (χ3v) is 5.65. The molecule has 0 radical (unpaired) electrons. The van der Waals surface area contributed by atoms with Gasteiger partial charge in [0.15, 0.2) is 5.82 Å². The van der Waals surface area contributed by atoms with Crippen LogP contribution in [0.2, 0.25) is 0 Å². The third kappa shape index (κ3) is 4.67. The standard InChI is InChI=1S/C24H24N6O2/c1-2-20-16-23(27-24(26-20)19-6-10-22(11-7-19)30(31)32)29-13-3-12-28(14-15-29)21-8-4-18(17-25)5-9-21/h4-11,16H,2-3,12-15H2,1H3. The Labute approximate surface area is 186 Å². The van der Waals surface area contributed by atoms with Crippen LogP contribution in [0.4, 0.5) is 17.2 Å². The van der Waals surface area contributed by atoms with Crippen molar-refractivity contribution in [3.63, 3.8) is 0 Å². The van der Waals surface area contributed by atoms with Crippen LogP contribution in [-0.2, 0) is 6.42 Å². The van der Waals surface area contributed by atoms with Gasteiger partial charge in [0.05, 0.1) is 16.6 Å². The van der Waals surface area contributed by atoms with Crippen LogP contribution in [0.25, 0.3) is 11.4 Å². The zero-order valence-corrected chi connectivity index (χ0v) is 17.9. The van der Waals surface area contributed by atoms with Gasteiger partial charge in [0.25, 0.3) is 5.69 Å². The van der Waals surface area contributed by atoms with E-state index >= 15 is 0 Å². The maximum Gasteiger partial charge on any atom is 0.269 e. The van der Waals surface area contributed by atoms with Crippen LogP contribution in [0.1, 0.15) is 24.6 Å². The average Bonchev–Trinajstić information content (AvgIpc) is 3.10. The van der Waals surface area contributed by atoms with Crippen molar-refractivity contribution in [1.29, 1.82) is 5.26 Å². The summed E-state index contributed by atoms with van der Waals surface area (Å²) in [7, 11) is 0.